The summed E-state index contributed by atoms with van der Waals surface area (Å²) in [7, 11) is 0. The average Bonchev–Trinajstić information content (AvgIpc) is 3.27. The molecule has 0 atom stereocenters. The summed E-state index contributed by atoms with van der Waals surface area (Å²) in [4.78, 5) is 7.96. The highest BCUT2D eigenvalue weighted by Gasteiger charge is 2.30. The van der Waals surface area contributed by atoms with Gasteiger partial charge in [-0.3, -0.25) is 0 Å². The molecule has 1 aromatic rings. The van der Waals surface area contributed by atoms with Gasteiger partial charge in [0, 0.05) is 24.8 Å². The van der Waals surface area contributed by atoms with Gasteiger partial charge in [0.15, 0.2) is 5.96 Å². The Balaban J connectivity index is 1.77. The van der Waals surface area contributed by atoms with Crippen molar-refractivity contribution in [2.45, 2.75) is 32.0 Å². The summed E-state index contributed by atoms with van der Waals surface area (Å²) in [5.74, 6) is 0.886. The van der Waals surface area contributed by atoms with Crippen molar-refractivity contribution in [3.05, 3.63) is 23.9 Å². The number of hydrogen-bond acceptors (Lipinski definition) is 3. The quantitative estimate of drug-likeness (QED) is 0.480. The van der Waals surface area contributed by atoms with Crippen molar-refractivity contribution in [1.82, 2.24) is 15.6 Å². The van der Waals surface area contributed by atoms with Crippen LogP contribution in [0.15, 0.2) is 23.3 Å². The summed E-state index contributed by atoms with van der Waals surface area (Å²) in [6, 6.07) is 2.65. The molecular formula is C14H19F3N4O. The van der Waals surface area contributed by atoms with Crippen LogP contribution in [0.4, 0.5) is 13.2 Å². The molecule has 1 aliphatic rings. The zero-order chi connectivity index (χ0) is 16.0. The van der Waals surface area contributed by atoms with Gasteiger partial charge in [-0.2, -0.15) is 13.2 Å². The van der Waals surface area contributed by atoms with Gasteiger partial charge in [-0.15, -0.1) is 0 Å². The number of halogens is 3. The summed E-state index contributed by atoms with van der Waals surface area (Å²) in [6.07, 6.45) is -1.32. The van der Waals surface area contributed by atoms with Gasteiger partial charge in [0.1, 0.15) is 6.61 Å². The number of aromatic nitrogens is 1. The Hall–Kier alpha value is -1.99. The minimum absolute atomic E-state index is 0.156. The van der Waals surface area contributed by atoms with Crippen molar-refractivity contribution in [2.75, 3.05) is 19.7 Å². The van der Waals surface area contributed by atoms with Crippen LogP contribution in [0.2, 0.25) is 0 Å². The molecule has 1 aromatic heterocycles. The van der Waals surface area contributed by atoms with Crippen molar-refractivity contribution in [3.8, 4) is 5.88 Å². The number of guanidine groups is 1. The fourth-order valence-corrected chi connectivity index (χ4v) is 1.68. The maximum atomic E-state index is 12.4. The Morgan fingerprint density at radius 3 is 2.73 bits per heavy atom. The van der Waals surface area contributed by atoms with Crippen LogP contribution in [0.5, 0.6) is 5.88 Å². The highest BCUT2D eigenvalue weighted by Crippen LogP contribution is 2.29. The van der Waals surface area contributed by atoms with E-state index in [4.69, 9.17) is 4.74 Å². The zero-order valence-electron chi connectivity index (χ0n) is 12.3. The number of ether oxygens (including phenoxy) is 1. The lowest BCUT2D eigenvalue weighted by atomic mass is 10.3. The predicted octanol–water partition coefficient (Wildman–Crippen LogP) is 2.20. The SMILES string of the molecule is CCNC(=NCCOc1ccc(C(F)(F)F)cn1)NC1CC1. The molecule has 0 bridgehead atoms. The summed E-state index contributed by atoms with van der Waals surface area (Å²) in [5.41, 5.74) is -0.791. The van der Waals surface area contributed by atoms with E-state index in [1.54, 1.807) is 0 Å². The third-order valence-electron chi connectivity index (χ3n) is 2.94. The van der Waals surface area contributed by atoms with Gasteiger partial charge in [0.25, 0.3) is 0 Å². The van der Waals surface area contributed by atoms with Crippen molar-refractivity contribution >= 4 is 5.96 Å². The molecule has 2 rings (SSSR count). The molecule has 1 heterocycles. The highest BCUT2D eigenvalue weighted by molar-refractivity contribution is 5.80. The molecule has 0 aliphatic heterocycles. The van der Waals surface area contributed by atoms with E-state index in [-0.39, 0.29) is 12.5 Å². The summed E-state index contributed by atoms with van der Waals surface area (Å²) in [6.45, 7) is 3.39. The van der Waals surface area contributed by atoms with E-state index in [0.717, 1.165) is 37.6 Å². The Morgan fingerprint density at radius 2 is 2.18 bits per heavy atom. The summed E-state index contributed by atoms with van der Waals surface area (Å²) >= 11 is 0. The standard InChI is InChI=1S/C14H19F3N4O/c1-2-18-13(21-11-4-5-11)19-7-8-22-12-6-3-10(9-20-12)14(15,16)17/h3,6,9,11H,2,4-5,7-8H2,1H3,(H2,18,19,21). The largest absolute Gasteiger partial charge is 0.476 e. The second-order valence-electron chi connectivity index (χ2n) is 4.91. The maximum absolute atomic E-state index is 12.4. The van der Waals surface area contributed by atoms with E-state index < -0.39 is 11.7 Å². The Morgan fingerprint density at radius 1 is 1.41 bits per heavy atom. The third kappa shape index (κ3) is 5.42. The molecule has 122 valence electrons. The highest BCUT2D eigenvalue weighted by atomic mass is 19.4. The van der Waals surface area contributed by atoms with E-state index in [9.17, 15) is 13.2 Å². The number of aliphatic imine (C=N–C) groups is 1. The van der Waals surface area contributed by atoms with E-state index in [2.05, 4.69) is 20.6 Å². The number of nitrogens with one attached hydrogen (secondary N) is 2. The van der Waals surface area contributed by atoms with E-state index in [1.807, 2.05) is 6.92 Å². The lowest BCUT2D eigenvalue weighted by Crippen LogP contribution is -2.38. The predicted molar refractivity (Wildman–Crippen MR) is 76.9 cm³/mol. The molecule has 2 N–H and O–H groups in total. The Bertz CT molecular complexity index is 498. The first-order chi connectivity index (χ1) is 10.5. The first-order valence-electron chi connectivity index (χ1n) is 7.20. The van der Waals surface area contributed by atoms with E-state index >= 15 is 0 Å². The van der Waals surface area contributed by atoms with Crippen molar-refractivity contribution in [3.63, 3.8) is 0 Å². The number of pyridine rings is 1. The van der Waals surface area contributed by atoms with Crippen LogP contribution in [0.1, 0.15) is 25.3 Å². The third-order valence-corrected chi connectivity index (χ3v) is 2.94. The molecular weight excluding hydrogens is 297 g/mol. The average molecular weight is 316 g/mol. The molecule has 22 heavy (non-hydrogen) atoms. The molecule has 0 aromatic carbocycles. The van der Waals surface area contributed by atoms with Crippen LogP contribution in [-0.2, 0) is 6.18 Å². The smallest absolute Gasteiger partial charge is 0.417 e. The second kappa shape index (κ2) is 7.33. The molecule has 5 nitrogen and oxygen atoms in total. The first-order valence-corrected chi connectivity index (χ1v) is 7.20. The molecule has 0 amide bonds. The fourth-order valence-electron chi connectivity index (χ4n) is 1.68. The lowest BCUT2D eigenvalue weighted by Gasteiger charge is -2.10. The van der Waals surface area contributed by atoms with Crippen LogP contribution in [0.3, 0.4) is 0 Å². The van der Waals surface area contributed by atoms with Gasteiger partial charge in [0.05, 0.1) is 12.1 Å². The van der Waals surface area contributed by atoms with Crippen LogP contribution < -0.4 is 15.4 Å². The Labute approximate surface area is 127 Å². The van der Waals surface area contributed by atoms with Gasteiger partial charge in [-0.05, 0) is 25.8 Å². The van der Waals surface area contributed by atoms with Crippen LogP contribution in [0.25, 0.3) is 0 Å². The van der Waals surface area contributed by atoms with Crippen molar-refractivity contribution < 1.29 is 17.9 Å². The molecule has 0 saturated heterocycles. The molecule has 0 spiro atoms. The molecule has 0 unspecified atom stereocenters. The van der Waals surface area contributed by atoms with Gasteiger partial charge in [0.2, 0.25) is 5.88 Å². The second-order valence-corrected chi connectivity index (χ2v) is 4.91. The number of nitrogens with zero attached hydrogens (tertiary/aromatic N) is 2. The normalized spacial score (nSPS) is 15.5. The summed E-state index contributed by atoms with van der Waals surface area (Å²) in [5, 5.41) is 6.38. The molecule has 1 fully saturated rings. The minimum Gasteiger partial charge on any atom is -0.476 e. The zero-order valence-corrected chi connectivity index (χ0v) is 12.3. The molecule has 1 saturated carbocycles. The minimum atomic E-state index is -4.38. The van der Waals surface area contributed by atoms with E-state index in [1.165, 1.54) is 6.07 Å². The summed E-state index contributed by atoms with van der Waals surface area (Å²) < 4.78 is 42.4. The Kier molecular flexibility index (Phi) is 5.46. The van der Waals surface area contributed by atoms with Gasteiger partial charge in [-0.25, -0.2) is 9.98 Å². The number of alkyl halides is 3. The van der Waals surface area contributed by atoms with E-state index in [0.29, 0.717) is 12.6 Å². The van der Waals surface area contributed by atoms with Crippen molar-refractivity contribution in [2.24, 2.45) is 4.99 Å². The molecule has 0 radical (unpaired) electrons. The van der Waals surface area contributed by atoms with Gasteiger partial charge < -0.3 is 15.4 Å². The van der Waals surface area contributed by atoms with Crippen molar-refractivity contribution in [1.29, 1.82) is 0 Å². The van der Waals surface area contributed by atoms with Gasteiger partial charge >= 0.3 is 6.18 Å². The maximum Gasteiger partial charge on any atom is 0.417 e. The topological polar surface area (TPSA) is 58.5 Å². The molecule has 1 aliphatic carbocycles. The lowest BCUT2D eigenvalue weighted by molar-refractivity contribution is -0.137. The first kappa shape index (κ1) is 16.4. The number of rotatable bonds is 6. The van der Waals surface area contributed by atoms with Gasteiger partial charge in [-0.1, -0.05) is 0 Å². The van der Waals surface area contributed by atoms with Crippen LogP contribution in [0, 0.1) is 0 Å². The number of hydrogen-bond donors (Lipinski definition) is 2. The van der Waals surface area contributed by atoms with Crippen LogP contribution >= 0.6 is 0 Å². The molecule has 8 heteroatoms. The fraction of sp³-hybridized carbons (Fsp3) is 0.571. The van der Waals surface area contributed by atoms with Crippen LogP contribution in [-0.4, -0.2) is 36.7 Å². The monoisotopic (exact) mass is 316 g/mol.